The lowest BCUT2D eigenvalue weighted by molar-refractivity contribution is 0.101. The van der Waals surface area contributed by atoms with E-state index in [4.69, 9.17) is 0 Å². The molecule has 0 atom stereocenters. The van der Waals surface area contributed by atoms with Crippen molar-refractivity contribution in [1.29, 1.82) is 0 Å². The molecule has 1 aromatic carbocycles. The largest absolute Gasteiger partial charge is 0.506 e. The molecule has 3 heteroatoms. The van der Waals surface area contributed by atoms with Crippen LogP contribution in [0.2, 0.25) is 0 Å². The molecular formula is C15H15NO2. The Morgan fingerprint density at radius 2 is 1.94 bits per heavy atom. The second-order valence-corrected chi connectivity index (χ2v) is 3.67. The van der Waals surface area contributed by atoms with Crippen molar-refractivity contribution in [1.82, 2.24) is 0 Å². The lowest BCUT2D eigenvalue weighted by Gasteiger charge is -1.98. The molecule has 0 spiro atoms. The van der Waals surface area contributed by atoms with Crippen molar-refractivity contribution >= 4 is 12.0 Å². The molecule has 3 nitrogen and oxygen atoms in total. The SMILES string of the molecule is C=C/C=C(/O)C(=C)N=Cc1ccc(C(C)=O)cc1. The minimum atomic E-state index is -0.0263. The maximum atomic E-state index is 11.1. The van der Waals surface area contributed by atoms with E-state index >= 15 is 0 Å². The second kappa shape index (κ2) is 6.35. The highest BCUT2D eigenvalue weighted by Crippen LogP contribution is 2.07. The molecule has 0 aromatic heterocycles. The first-order valence-corrected chi connectivity index (χ1v) is 5.40. The number of carbonyl (C=O) groups excluding carboxylic acids is 1. The Balaban J connectivity index is 2.79. The van der Waals surface area contributed by atoms with Gasteiger partial charge in [-0.15, -0.1) is 0 Å². The normalized spacial score (nSPS) is 11.5. The van der Waals surface area contributed by atoms with Gasteiger partial charge in [0.05, 0.1) is 5.70 Å². The molecule has 0 radical (unpaired) electrons. The molecule has 0 fully saturated rings. The van der Waals surface area contributed by atoms with Crippen LogP contribution in [0.25, 0.3) is 0 Å². The number of allylic oxidation sites excluding steroid dienone is 2. The average molecular weight is 241 g/mol. The maximum Gasteiger partial charge on any atom is 0.159 e. The summed E-state index contributed by atoms with van der Waals surface area (Å²) >= 11 is 0. The third-order valence-corrected chi connectivity index (χ3v) is 2.26. The zero-order chi connectivity index (χ0) is 13.5. The first-order chi connectivity index (χ1) is 8.54. The minimum absolute atomic E-state index is 0.0226. The topological polar surface area (TPSA) is 49.7 Å². The van der Waals surface area contributed by atoms with Crippen molar-refractivity contribution in [2.24, 2.45) is 4.99 Å². The number of carbonyl (C=O) groups is 1. The fourth-order valence-corrected chi connectivity index (χ4v) is 1.23. The quantitative estimate of drug-likeness (QED) is 0.371. The number of Topliss-reactive ketones (excluding diaryl/α,β-unsaturated/α-hetero) is 1. The Kier molecular flexibility index (Phi) is 4.81. The van der Waals surface area contributed by atoms with Gasteiger partial charge in [0.2, 0.25) is 0 Å². The van der Waals surface area contributed by atoms with Crippen molar-refractivity contribution in [3.8, 4) is 0 Å². The van der Waals surface area contributed by atoms with Crippen LogP contribution < -0.4 is 0 Å². The summed E-state index contributed by atoms with van der Waals surface area (Å²) in [5, 5.41) is 9.44. The third kappa shape index (κ3) is 3.87. The van der Waals surface area contributed by atoms with E-state index in [0.29, 0.717) is 5.56 Å². The molecule has 0 saturated carbocycles. The highest BCUT2D eigenvalue weighted by molar-refractivity contribution is 5.94. The summed E-state index contributed by atoms with van der Waals surface area (Å²) in [5.41, 5.74) is 1.73. The molecule has 92 valence electrons. The van der Waals surface area contributed by atoms with Gasteiger partial charge in [0, 0.05) is 11.8 Å². The summed E-state index contributed by atoms with van der Waals surface area (Å²) in [6.45, 7) is 8.60. The van der Waals surface area contributed by atoms with Crippen molar-refractivity contribution < 1.29 is 9.90 Å². The Bertz CT molecular complexity index is 522. The first-order valence-electron chi connectivity index (χ1n) is 5.40. The van der Waals surface area contributed by atoms with E-state index in [2.05, 4.69) is 18.2 Å². The van der Waals surface area contributed by atoms with Crippen LogP contribution >= 0.6 is 0 Å². The number of hydrogen-bond donors (Lipinski definition) is 1. The molecule has 0 aliphatic rings. The van der Waals surface area contributed by atoms with Crippen LogP contribution in [-0.4, -0.2) is 17.1 Å². The molecule has 1 rings (SSSR count). The van der Waals surface area contributed by atoms with Gasteiger partial charge in [0.1, 0.15) is 5.76 Å². The van der Waals surface area contributed by atoms with Crippen molar-refractivity contribution in [3.63, 3.8) is 0 Å². The van der Waals surface area contributed by atoms with Gasteiger partial charge in [0.25, 0.3) is 0 Å². The molecule has 1 N–H and O–H groups in total. The minimum Gasteiger partial charge on any atom is -0.506 e. The van der Waals surface area contributed by atoms with Crippen LogP contribution in [0, 0.1) is 0 Å². The standard InChI is InChI=1S/C15H15NO2/c1-4-5-15(18)11(2)16-10-13-6-8-14(9-7-13)12(3)17/h4-10,18H,1-2H2,3H3/b15-5+,16-10?. The summed E-state index contributed by atoms with van der Waals surface area (Å²) in [6.07, 6.45) is 4.44. The molecule has 0 aliphatic heterocycles. The number of aliphatic hydroxyl groups is 1. The number of aliphatic imine (C=N–C) groups is 1. The predicted octanol–water partition coefficient (Wildman–Crippen LogP) is 3.45. The van der Waals surface area contributed by atoms with Crippen molar-refractivity contribution in [2.45, 2.75) is 6.92 Å². The highest BCUT2D eigenvalue weighted by Gasteiger charge is 1.98. The first kappa shape index (κ1) is 13.6. The Morgan fingerprint density at radius 3 is 2.44 bits per heavy atom. The van der Waals surface area contributed by atoms with Gasteiger partial charge in [-0.3, -0.25) is 9.79 Å². The summed E-state index contributed by atoms with van der Waals surface area (Å²) in [5.74, 6) is -0.00364. The van der Waals surface area contributed by atoms with E-state index in [9.17, 15) is 9.90 Å². The molecule has 0 aliphatic carbocycles. The molecule has 0 unspecified atom stereocenters. The number of nitrogens with zero attached hydrogens (tertiary/aromatic N) is 1. The molecule has 0 saturated heterocycles. The number of benzene rings is 1. The zero-order valence-electron chi connectivity index (χ0n) is 10.3. The highest BCUT2D eigenvalue weighted by atomic mass is 16.3. The molecule has 0 heterocycles. The lowest BCUT2D eigenvalue weighted by atomic mass is 10.1. The van der Waals surface area contributed by atoms with Gasteiger partial charge in [-0.1, -0.05) is 43.5 Å². The fourth-order valence-electron chi connectivity index (χ4n) is 1.23. The van der Waals surface area contributed by atoms with Crippen molar-refractivity contribution in [2.75, 3.05) is 0 Å². The molecule has 0 bridgehead atoms. The maximum absolute atomic E-state index is 11.1. The summed E-state index contributed by atoms with van der Waals surface area (Å²) in [4.78, 5) is 15.1. The summed E-state index contributed by atoms with van der Waals surface area (Å²) < 4.78 is 0. The molecular weight excluding hydrogens is 226 g/mol. The smallest absolute Gasteiger partial charge is 0.159 e. The predicted molar refractivity (Wildman–Crippen MR) is 74.1 cm³/mol. The van der Waals surface area contributed by atoms with Crippen LogP contribution in [0.15, 0.2) is 66.0 Å². The van der Waals surface area contributed by atoms with Crippen LogP contribution in [0.4, 0.5) is 0 Å². The van der Waals surface area contributed by atoms with E-state index in [1.54, 1.807) is 30.5 Å². The van der Waals surface area contributed by atoms with Crippen LogP contribution in [0.1, 0.15) is 22.8 Å². The van der Waals surface area contributed by atoms with Gasteiger partial charge < -0.3 is 5.11 Å². The summed E-state index contributed by atoms with van der Waals surface area (Å²) in [6, 6.07) is 7.02. The monoisotopic (exact) mass is 241 g/mol. The second-order valence-electron chi connectivity index (χ2n) is 3.67. The van der Waals surface area contributed by atoms with E-state index in [-0.39, 0.29) is 17.2 Å². The van der Waals surface area contributed by atoms with Crippen LogP contribution in [0.3, 0.4) is 0 Å². The van der Waals surface area contributed by atoms with E-state index in [1.807, 2.05) is 0 Å². The van der Waals surface area contributed by atoms with Crippen LogP contribution in [-0.2, 0) is 0 Å². The Labute approximate surface area is 106 Å². The van der Waals surface area contributed by atoms with E-state index in [0.717, 1.165) is 5.56 Å². The third-order valence-electron chi connectivity index (χ3n) is 2.26. The zero-order valence-corrected chi connectivity index (χ0v) is 10.3. The molecule has 18 heavy (non-hydrogen) atoms. The number of hydrogen-bond acceptors (Lipinski definition) is 3. The molecule has 1 aromatic rings. The van der Waals surface area contributed by atoms with E-state index < -0.39 is 0 Å². The van der Waals surface area contributed by atoms with Gasteiger partial charge in [-0.05, 0) is 18.6 Å². The number of aliphatic hydroxyl groups excluding tert-OH is 1. The number of rotatable bonds is 5. The molecule has 0 amide bonds. The van der Waals surface area contributed by atoms with Crippen LogP contribution in [0.5, 0.6) is 0 Å². The van der Waals surface area contributed by atoms with E-state index in [1.165, 1.54) is 19.1 Å². The van der Waals surface area contributed by atoms with Gasteiger partial charge in [-0.25, -0.2) is 0 Å². The fraction of sp³-hybridized carbons (Fsp3) is 0.0667. The van der Waals surface area contributed by atoms with Gasteiger partial charge in [0.15, 0.2) is 5.78 Å². The average Bonchev–Trinajstić information content (AvgIpc) is 2.36. The Morgan fingerprint density at radius 1 is 1.33 bits per heavy atom. The number of ketones is 1. The van der Waals surface area contributed by atoms with Gasteiger partial charge in [-0.2, -0.15) is 0 Å². The summed E-state index contributed by atoms with van der Waals surface area (Å²) in [7, 11) is 0. The van der Waals surface area contributed by atoms with Gasteiger partial charge >= 0.3 is 0 Å². The van der Waals surface area contributed by atoms with Crippen molar-refractivity contribution in [3.05, 3.63) is 72.2 Å². The Hall–Kier alpha value is -2.42. The lowest BCUT2D eigenvalue weighted by Crippen LogP contribution is -1.92.